The van der Waals surface area contributed by atoms with E-state index in [2.05, 4.69) is 36.5 Å². The van der Waals surface area contributed by atoms with Crippen LogP contribution < -0.4 is 5.32 Å². The first-order chi connectivity index (χ1) is 7.65. The summed E-state index contributed by atoms with van der Waals surface area (Å²) in [6, 6.07) is 0.830. The second-order valence-electron chi connectivity index (χ2n) is 5.20. The highest BCUT2D eigenvalue weighted by molar-refractivity contribution is 7.09. The molecule has 1 aromatic heterocycles. The van der Waals surface area contributed by atoms with Crippen molar-refractivity contribution in [2.75, 3.05) is 6.54 Å². The smallest absolute Gasteiger partial charge is 0.0897 e. The molecule has 1 fully saturated rings. The molecule has 0 bridgehead atoms. The van der Waals surface area contributed by atoms with Crippen LogP contribution in [0.2, 0.25) is 0 Å². The number of aromatic nitrogens is 1. The first-order valence-corrected chi connectivity index (χ1v) is 7.17. The summed E-state index contributed by atoms with van der Waals surface area (Å²) in [6.07, 6.45) is 3.89. The number of rotatable bonds is 6. The Kier molecular flexibility index (Phi) is 3.98. The molecule has 2 nitrogen and oxygen atoms in total. The van der Waals surface area contributed by atoms with Crippen LogP contribution in [0.3, 0.4) is 0 Å². The first kappa shape index (κ1) is 12.1. The second kappa shape index (κ2) is 5.28. The molecule has 0 spiro atoms. The lowest BCUT2D eigenvalue weighted by atomic mass is 9.92. The third kappa shape index (κ3) is 3.56. The van der Waals surface area contributed by atoms with E-state index in [1.807, 2.05) is 0 Å². The van der Waals surface area contributed by atoms with Crippen LogP contribution in [0.5, 0.6) is 0 Å². The Morgan fingerprint density at radius 3 is 2.75 bits per heavy atom. The van der Waals surface area contributed by atoms with Crippen molar-refractivity contribution in [2.24, 2.45) is 11.8 Å². The van der Waals surface area contributed by atoms with Gasteiger partial charge in [-0.25, -0.2) is 4.98 Å². The number of thiazole rings is 1. The summed E-state index contributed by atoms with van der Waals surface area (Å²) in [7, 11) is 0. The van der Waals surface area contributed by atoms with E-state index in [0.29, 0.717) is 5.92 Å². The Bertz CT molecular complexity index is 330. The maximum Gasteiger partial charge on any atom is 0.0897 e. The van der Waals surface area contributed by atoms with Crippen LogP contribution in [0.25, 0.3) is 0 Å². The van der Waals surface area contributed by atoms with Crippen LogP contribution in [-0.2, 0) is 6.42 Å². The normalized spacial score (nSPS) is 19.7. The molecule has 1 aliphatic rings. The molecule has 3 heteroatoms. The van der Waals surface area contributed by atoms with E-state index in [-0.39, 0.29) is 0 Å². The molecular weight excluding hydrogens is 216 g/mol. The minimum Gasteiger partial charge on any atom is -0.314 e. The van der Waals surface area contributed by atoms with Crippen molar-refractivity contribution < 1.29 is 0 Å². The van der Waals surface area contributed by atoms with E-state index >= 15 is 0 Å². The van der Waals surface area contributed by atoms with Crippen molar-refractivity contribution >= 4 is 11.3 Å². The molecule has 1 heterocycles. The van der Waals surface area contributed by atoms with Crippen molar-refractivity contribution in [1.82, 2.24) is 10.3 Å². The lowest BCUT2D eigenvalue weighted by molar-refractivity contribution is 0.362. The molecule has 0 radical (unpaired) electrons. The highest BCUT2D eigenvalue weighted by atomic mass is 32.1. The van der Waals surface area contributed by atoms with Crippen LogP contribution in [0.1, 0.15) is 37.4 Å². The molecule has 2 unspecified atom stereocenters. The molecule has 2 atom stereocenters. The van der Waals surface area contributed by atoms with Crippen LogP contribution >= 0.6 is 11.3 Å². The van der Waals surface area contributed by atoms with Gasteiger partial charge in [0.2, 0.25) is 0 Å². The zero-order valence-electron chi connectivity index (χ0n) is 10.5. The van der Waals surface area contributed by atoms with E-state index in [1.54, 1.807) is 11.3 Å². The Labute approximate surface area is 102 Å². The van der Waals surface area contributed by atoms with Crippen LogP contribution in [0.4, 0.5) is 0 Å². The fraction of sp³-hybridized carbons (Fsp3) is 0.769. The second-order valence-corrected chi connectivity index (χ2v) is 6.26. The minimum atomic E-state index is 0.716. The van der Waals surface area contributed by atoms with Crippen molar-refractivity contribution in [3.05, 3.63) is 16.1 Å². The topological polar surface area (TPSA) is 24.9 Å². The predicted molar refractivity (Wildman–Crippen MR) is 69.9 cm³/mol. The van der Waals surface area contributed by atoms with Crippen molar-refractivity contribution in [2.45, 2.75) is 46.1 Å². The monoisotopic (exact) mass is 238 g/mol. The van der Waals surface area contributed by atoms with Crippen LogP contribution in [-0.4, -0.2) is 17.6 Å². The van der Waals surface area contributed by atoms with E-state index in [4.69, 9.17) is 0 Å². The summed E-state index contributed by atoms with van der Waals surface area (Å²) in [6.45, 7) is 7.93. The molecule has 90 valence electrons. The molecule has 1 saturated carbocycles. The van der Waals surface area contributed by atoms with E-state index in [1.165, 1.54) is 23.5 Å². The van der Waals surface area contributed by atoms with Gasteiger partial charge in [-0.3, -0.25) is 0 Å². The van der Waals surface area contributed by atoms with Gasteiger partial charge in [0.1, 0.15) is 0 Å². The predicted octanol–water partition coefficient (Wildman–Crippen LogP) is 3.02. The zero-order chi connectivity index (χ0) is 11.5. The van der Waals surface area contributed by atoms with Gasteiger partial charge in [-0.05, 0) is 44.6 Å². The third-order valence-electron chi connectivity index (χ3n) is 3.47. The third-order valence-corrected chi connectivity index (χ3v) is 4.30. The average Bonchev–Trinajstić information content (AvgIpc) is 2.99. The number of hydrogen-bond acceptors (Lipinski definition) is 3. The summed E-state index contributed by atoms with van der Waals surface area (Å²) >= 11 is 1.76. The standard InChI is InChI=1S/C13H22N2S/c1-9(6-13-8-16-11(3)15-13)10(2)7-14-12-4-5-12/h8-10,12,14H,4-7H2,1-3H3. The molecule has 1 aromatic rings. The first-order valence-electron chi connectivity index (χ1n) is 6.29. The molecule has 1 N–H and O–H groups in total. The summed E-state index contributed by atoms with van der Waals surface area (Å²) in [4.78, 5) is 4.54. The Balaban J connectivity index is 1.74. The van der Waals surface area contributed by atoms with Gasteiger partial charge in [0.05, 0.1) is 10.7 Å². The largest absolute Gasteiger partial charge is 0.314 e. The number of aryl methyl sites for hydroxylation is 1. The lowest BCUT2D eigenvalue weighted by Gasteiger charge is -2.19. The highest BCUT2D eigenvalue weighted by Crippen LogP contribution is 2.22. The Morgan fingerprint density at radius 1 is 1.44 bits per heavy atom. The van der Waals surface area contributed by atoms with Gasteiger partial charge in [-0.2, -0.15) is 0 Å². The van der Waals surface area contributed by atoms with Crippen molar-refractivity contribution in [3.8, 4) is 0 Å². The molecule has 0 amide bonds. The number of nitrogens with one attached hydrogen (secondary N) is 1. The van der Waals surface area contributed by atoms with Gasteiger partial charge in [-0.1, -0.05) is 13.8 Å². The quantitative estimate of drug-likeness (QED) is 0.824. The molecule has 2 rings (SSSR count). The summed E-state index contributed by atoms with van der Waals surface area (Å²) in [5.41, 5.74) is 1.27. The van der Waals surface area contributed by atoms with Gasteiger partial charge in [0.15, 0.2) is 0 Å². The SMILES string of the molecule is Cc1nc(CC(C)C(C)CNC2CC2)cs1. The fourth-order valence-electron chi connectivity index (χ4n) is 1.87. The lowest BCUT2D eigenvalue weighted by Crippen LogP contribution is -2.27. The molecule has 16 heavy (non-hydrogen) atoms. The van der Waals surface area contributed by atoms with E-state index < -0.39 is 0 Å². The van der Waals surface area contributed by atoms with Gasteiger partial charge < -0.3 is 5.32 Å². The Hall–Kier alpha value is -0.410. The summed E-state index contributed by atoms with van der Waals surface area (Å²) < 4.78 is 0. The highest BCUT2D eigenvalue weighted by Gasteiger charge is 2.22. The van der Waals surface area contributed by atoms with Crippen molar-refractivity contribution in [1.29, 1.82) is 0 Å². The maximum atomic E-state index is 4.54. The number of hydrogen-bond donors (Lipinski definition) is 1. The average molecular weight is 238 g/mol. The van der Waals surface area contributed by atoms with Crippen LogP contribution in [0.15, 0.2) is 5.38 Å². The molecular formula is C13H22N2S. The number of nitrogens with zero attached hydrogens (tertiary/aromatic N) is 1. The maximum absolute atomic E-state index is 4.54. The van der Waals surface area contributed by atoms with E-state index in [9.17, 15) is 0 Å². The summed E-state index contributed by atoms with van der Waals surface area (Å²) in [5.74, 6) is 1.45. The van der Waals surface area contributed by atoms with Gasteiger partial charge >= 0.3 is 0 Å². The van der Waals surface area contributed by atoms with Crippen LogP contribution in [0, 0.1) is 18.8 Å². The van der Waals surface area contributed by atoms with E-state index in [0.717, 1.165) is 24.9 Å². The fourth-order valence-corrected chi connectivity index (χ4v) is 2.50. The summed E-state index contributed by atoms with van der Waals surface area (Å²) in [5, 5.41) is 7.00. The van der Waals surface area contributed by atoms with Crippen molar-refractivity contribution in [3.63, 3.8) is 0 Å². The Morgan fingerprint density at radius 2 is 2.19 bits per heavy atom. The molecule has 0 aliphatic heterocycles. The van der Waals surface area contributed by atoms with Gasteiger partial charge in [0.25, 0.3) is 0 Å². The van der Waals surface area contributed by atoms with Gasteiger partial charge in [0, 0.05) is 11.4 Å². The molecule has 0 aromatic carbocycles. The molecule has 1 aliphatic carbocycles. The zero-order valence-corrected chi connectivity index (χ0v) is 11.3. The molecule has 0 saturated heterocycles. The minimum absolute atomic E-state index is 0.716. The van der Waals surface area contributed by atoms with Gasteiger partial charge in [-0.15, -0.1) is 11.3 Å².